The summed E-state index contributed by atoms with van der Waals surface area (Å²) in [5, 5.41) is 5.77. The third kappa shape index (κ3) is 3.71. The number of hydrogen-bond donors (Lipinski definition) is 1. The number of ether oxygens (including phenoxy) is 1. The van der Waals surface area contributed by atoms with Crippen molar-refractivity contribution < 1.29 is 17.9 Å². The summed E-state index contributed by atoms with van der Waals surface area (Å²) < 4.78 is 40.0. The summed E-state index contributed by atoms with van der Waals surface area (Å²) >= 11 is 1.45. The standard InChI is InChI=1S/C13H13F3N2OS/c1-8(17-2)11-7-20-12(18-11)9-3-5-10(6-4-9)19-13(14,15)16/h3-8,17H,1-2H3. The highest BCUT2D eigenvalue weighted by atomic mass is 32.1. The molecule has 0 saturated heterocycles. The first-order valence-corrected chi connectivity index (χ1v) is 6.76. The largest absolute Gasteiger partial charge is 0.573 e. The molecule has 0 aliphatic rings. The van der Waals surface area contributed by atoms with E-state index < -0.39 is 6.36 Å². The summed E-state index contributed by atoms with van der Waals surface area (Å²) in [4.78, 5) is 4.45. The van der Waals surface area contributed by atoms with Crippen molar-refractivity contribution in [2.45, 2.75) is 19.3 Å². The average molecular weight is 302 g/mol. The molecule has 0 radical (unpaired) electrons. The molecule has 0 aliphatic carbocycles. The molecule has 108 valence electrons. The van der Waals surface area contributed by atoms with Crippen LogP contribution in [0.4, 0.5) is 13.2 Å². The molecule has 3 nitrogen and oxygen atoms in total. The van der Waals surface area contributed by atoms with Gasteiger partial charge in [0.05, 0.1) is 5.69 Å². The van der Waals surface area contributed by atoms with Crippen molar-refractivity contribution in [3.63, 3.8) is 0 Å². The molecule has 7 heteroatoms. The molecule has 2 rings (SSSR count). The van der Waals surface area contributed by atoms with Crippen LogP contribution < -0.4 is 10.1 Å². The van der Waals surface area contributed by atoms with Gasteiger partial charge in [0, 0.05) is 17.0 Å². The maximum absolute atomic E-state index is 12.1. The van der Waals surface area contributed by atoms with E-state index in [-0.39, 0.29) is 11.8 Å². The van der Waals surface area contributed by atoms with E-state index in [1.54, 1.807) is 12.1 Å². The van der Waals surface area contributed by atoms with Crippen LogP contribution in [-0.2, 0) is 0 Å². The van der Waals surface area contributed by atoms with Crippen LogP contribution in [0.1, 0.15) is 18.7 Å². The van der Waals surface area contributed by atoms with E-state index in [0.717, 1.165) is 16.3 Å². The van der Waals surface area contributed by atoms with Gasteiger partial charge in [0.25, 0.3) is 0 Å². The number of thiazole rings is 1. The second-order valence-corrected chi connectivity index (χ2v) is 5.02. The molecule has 0 aliphatic heterocycles. The summed E-state index contributed by atoms with van der Waals surface area (Å²) in [5.41, 5.74) is 1.67. The number of nitrogens with one attached hydrogen (secondary N) is 1. The van der Waals surface area contributed by atoms with Gasteiger partial charge in [-0.25, -0.2) is 4.98 Å². The van der Waals surface area contributed by atoms with E-state index in [0.29, 0.717) is 0 Å². The van der Waals surface area contributed by atoms with Crippen molar-refractivity contribution >= 4 is 11.3 Å². The maximum Gasteiger partial charge on any atom is 0.573 e. The predicted molar refractivity (Wildman–Crippen MR) is 71.7 cm³/mol. The van der Waals surface area contributed by atoms with Gasteiger partial charge in [0.2, 0.25) is 0 Å². The van der Waals surface area contributed by atoms with Gasteiger partial charge in [0.15, 0.2) is 0 Å². The van der Waals surface area contributed by atoms with Gasteiger partial charge in [-0.05, 0) is 38.2 Å². The Bertz CT molecular complexity index is 566. The molecule has 20 heavy (non-hydrogen) atoms. The molecule has 1 aromatic carbocycles. The number of nitrogens with zero attached hydrogens (tertiary/aromatic N) is 1. The zero-order chi connectivity index (χ0) is 14.8. The van der Waals surface area contributed by atoms with Crippen LogP contribution in [0.3, 0.4) is 0 Å². The molecule has 0 saturated carbocycles. The smallest absolute Gasteiger partial charge is 0.406 e. The molecule has 0 bridgehead atoms. The SMILES string of the molecule is CNC(C)c1csc(-c2ccc(OC(F)(F)F)cc2)n1. The number of rotatable bonds is 4. The Morgan fingerprint density at radius 2 is 1.90 bits per heavy atom. The lowest BCUT2D eigenvalue weighted by atomic mass is 10.2. The van der Waals surface area contributed by atoms with Crippen LogP contribution >= 0.6 is 11.3 Å². The van der Waals surface area contributed by atoms with Gasteiger partial charge in [0.1, 0.15) is 10.8 Å². The highest BCUT2D eigenvalue weighted by Crippen LogP contribution is 2.29. The summed E-state index contributed by atoms with van der Waals surface area (Å²) in [5.74, 6) is -0.235. The Kier molecular flexibility index (Phi) is 4.29. The van der Waals surface area contributed by atoms with Crippen molar-refractivity contribution in [2.24, 2.45) is 0 Å². The van der Waals surface area contributed by atoms with Gasteiger partial charge in [-0.2, -0.15) is 0 Å². The van der Waals surface area contributed by atoms with Crippen molar-refractivity contribution in [1.29, 1.82) is 0 Å². The second kappa shape index (κ2) is 5.80. The second-order valence-electron chi connectivity index (χ2n) is 4.16. The highest BCUT2D eigenvalue weighted by molar-refractivity contribution is 7.13. The predicted octanol–water partition coefficient (Wildman–Crippen LogP) is 3.99. The molecule has 1 atom stereocenters. The molecule has 1 unspecified atom stereocenters. The summed E-state index contributed by atoms with van der Waals surface area (Å²) in [6.45, 7) is 1.99. The quantitative estimate of drug-likeness (QED) is 0.927. The third-order valence-corrected chi connectivity index (χ3v) is 3.64. The Hall–Kier alpha value is -1.60. The molecular weight excluding hydrogens is 289 g/mol. The Balaban J connectivity index is 2.15. The van der Waals surface area contributed by atoms with Crippen molar-refractivity contribution in [2.75, 3.05) is 7.05 Å². The third-order valence-electron chi connectivity index (χ3n) is 2.73. The number of halogens is 3. The van der Waals surface area contributed by atoms with Crippen LogP contribution in [0.15, 0.2) is 29.6 Å². The lowest BCUT2D eigenvalue weighted by Crippen LogP contribution is -2.16. The fraction of sp³-hybridized carbons (Fsp3) is 0.308. The van der Waals surface area contributed by atoms with E-state index in [9.17, 15) is 13.2 Å². The van der Waals surface area contributed by atoms with Gasteiger partial charge >= 0.3 is 6.36 Å². The normalized spacial score (nSPS) is 13.2. The number of aromatic nitrogens is 1. The summed E-state index contributed by atoms with van der Waals surface area (Å²) in [6, 6.07) is 5.82. The van der Waals surface area contributed by atoms with Gasteiger partial charge in [-0.3, -0.25) is 0 Å². The van der Waals surface area contributed by atoms with E-state index in [1.807, 2.05) is 19.4 Å². The minimum Gasteiger partial charge on any atom is -0.406 e. The monoisotopic (exact) mass is 302 g/mol. The molecule has 1 heterocycles. The molecule has 1 aromatic heterocycles. The first kappa shape index (κ1) is 14.8. The van der Waals surface area contributed by atoms with E-state index >= 15 is 0 Å². The maximum atomic E-state index is 12.1. The number of benzene rings is 1. The van der Waals surface area contributed by atoms with Crippen LogP contribution in [0, 0.1) is 0 Å². The van der Waals surface area contributed by atoms with Crippen LogP contribution in [0.2, 0.25) is 0 Å². The molecule has 1 N–H and O–H groups in total. The van der Waals surface area contributed by atoms with E-state index in [4.69, 9.17) is 0 Å². The average Bonchev–Trinajstić information content (AvgIpc) is 2.86. The van der Waals surface area contributed by atoms with Crippen molar-refractivity contribution in [3.05, 3.63) is 35.3 Å². The van der Waals surface area contributed by atoms with Gasteiger partial charge in [-0.15, -0.1) is 24.5 Å². The number of alkyl halides is 3. The van der Waals surface area contributed by atoms with Crippen LogP contribution in [0.5, 0.6) is 5.75 Å². The Morgan fingerprint density at radius 3 is 2.45 bits per heavy atom. The minimum atomic E-state index is -4.67. The minimum absolute atomic E-state index is 0.132. The topological polar surface area (TPSA) is 34.1 Å². The zero-order valence-electron chi connectivity index (χ0n) is 10.9. The van der Waals surface area contributed by atoms with Gasteiger partial charge in [-0.1, -0.05) is 0 Å². The van der Waals surface area contributed by atoms with Gasteiger partial charge < -0.3 is 10.1 Å². The lowest BCUT2D eigenvalue weighted by Gasteiger charge is -2.08. The van der Waals surface area contributed by atoms with Crippen LogP contribution in [-0.4, -0.2) is 18.4 Å². The Morgan fingerprint density at radius 1 is 1.25 bits per heavy atom. The van der Waals surface area contributed by atoms with Crippen molar-refractivity contribution in [3.8, 4) is 16.3 Å². The highest BCUT2D eigenvalue weighted by Gasteiger charge is 2.30. The first-order valence-electron chi connectivity index (χ1n) is 5.88. The Labute approximate surface area is 118 Å². The van der Waals surface area contributed by atoms with Crippen LogP contribution in [0.25, 0.3) is 10.6 Å². The molecule has 0 amide bonds. The summed E-state index contributed by atoms with van der Waals surface area (Å²) in [6.07, 6.45) is -4.67. The lowest BCUT2D eigenvalue weighted by molar-refractivity contribution is -0.274. The van der Waals surface area contributed by atoms with E-state index in [2.05, 4.69) is 15.0 Å². The fourth-order valence-electron chi connectivity index (χ4n) is 1.56. The molecule has 0 spiro atoms. The molecule has 0 fully saturated rings. The van der Waals surface area contributed by atoms with E-state index in [1.165, 1.54) is 23.5 Å². The molecule has 2 aromatic rings. The molecular formula is C13H13F3N2OS. The van der Waals surface area contributed by atoms with Crippen molar-refractivity contribution in [1.82, 2.24) is 10.3 Å². The summed E-state index contributed by atoms with van der Waals surface area (Å²) in [7, 11) is 1.84. The zero-order valence-corrected chi connectivity index (χ0v) is 11.7. The first-order chi connectivity index (χ1) is 9.39. The fourth-order valence-corrected chi connectivity index (χ4v) is 2.48. The number of hydrogen-bond acceptors (Lipinski definition) is 4.